The zero-order valence-electron chi connectivity index (χ0n) is 14.8. The van der Waals surface area contributed by atoms with Gasteiger partial charge in [-0.15, -0.1) is 10.2 Å². The number of hydrogen-bond acceptors (Lipinski definition) is 6. The molecule has 3 rings (SSSR count). The van der Waals surface area contributed by atoms with Crippen LogP contribution in [0, 0.1) is 6.92 Å². The Bertz CT molecular complexity index is 968. The number of hydrogen-bond donors (Lipinski definition) is 0. The summed E-state index contributed by atoms with van der Waals surface area (Å²) in [6, 6.07) is 13.4. The third kappa shape index (κ3) is 5.47. The summed E-state index contributed by atoms with van der Waals surface area (Å²) >= 11 is 0. The smallest absolute Gasteiger partial charge is 0.387 e. The number of halogens is 2. The van der Waals surface area contributed by atoms with Crippen molar-refractivity contribution >= 4 is 12.0 Å². The molecule has 144 valence electrons. The van der Waals surface area contributed by atoms with Gasteiger partial charge < -0.3 is 13.9 Å². The summed E-state index contributed by atoms with van der Waals surface area (Å²) in [6.07, 6.45) is 2.70. The van der Waals surface area contributed by atoms with Crippen LogP contribution in [-0.2, 0) is 16.1 Å². The average Bonchev–Trinajstić information content (AvgIpc) is 3.14. The van der Waals surface area contributed by atoms with E-state index in [-0.39, 0.29) is 18.2 Å². The Hall–Kier alpha value is -3.55. The normalized spacial score (nSPS) is 11.1. The van der Waals surface area contributed by atoms with E-state index >= 15 is 0 Å². The Morgan fingerprint density at radius 2 is 1.96 bits per heavy atom. The van der Waals surface area contributed by atoms with Gasteiger partial charge in [-0.2, -0.15) is 8.78 Å². The Morgan fingerprint density at radius 3 is 2.68 bits per heavy atom. The van der Waals surface area contributed by atoms with Crippen LogP contribution in [-0.4, -0.2) is 22.8 Å². The minimum absolute atomic E-state index is 0.0375. The lowest BCUT2D eigenvalue weighted by Gasteiger charge is -2.03. The van der Waals surface area contributed by atoms with Crippen molar-refractivity contribution in [3.63, 3.8) is 0 Å². The number of rotatable bonds is 7. The van der Waals surface area contributed by atoms with Crippen LogP contribution in [0.5, 0.6) is 5.75 Å². The number of benzene rings is 2. The van der Waals surface area contributed by atoms with Gasteiger partial charge >= 0.3 is 12.6 Å². The minimum Gasteiger partial charge on any atom is -0.452 e. The van der Waals surface area contributed by atoms with Gasteiger partial charge in [-0.05, 0) is 42.8 Å². The fourth-order valence-corrected chi connectivity index (χ4v) is 2.31. The summed E-state index contributed by atoms with van der Waals surface area (Å²) in [5, 5.41) is 7.79. The van der Waals surface area contributed by atoms with E-state index in [2.05, 4.69) is 14.9 Å². The number of carbonyl (C=O) groups is 1. The van der Waals surface area contributed by atoms with E-state index in [0.29, 0.717) is 11.5 Å². The van der Waals surface area contributed by atoms with Crippen molar-refractivity contribution in [2.45, 2.75) is 20.1 Å². The Kier molecular flexibility index (Phi) is 6.11. The lowest BCUT2D eigenvalue weighted by atomic mass is 10.1. The van der Waals surface area contributed by atoms with Gasteiger partial charge in [0.15, 0.2) is 6.61 Å². The molecule has 0 aliphatic carbocycles. The number of ether oxygens (including phenoxy) is 2. The molecule has 0 atom stereocenters. The highest BCUT2D eigenvalue weighted by molar-refractivity contribution is 5.87. The first-order valence-electron chi connectivity index (χ1n) is 8.29. The van der Waals surface area contributed by atoms with E-state index in [1.54, 1.807) is 0 Å². The molecule has 0 N–H and O–H groups in total. The van der Waals surface area contributed by atoms with Crippen molar-refractivity contribution in [2.75, 3.05) is 0 Å². The van der Waals surface area contributed by atoms with Crippen LogP contribution in [0.15, 0.2) is 59.0 Å². The minimum atomic E-state index is -2.88. The van der Waals surface area contributed by atoms with Crippen molar-refractivity contribution in [3.8, 4) is 17.2 Å². The number of esters is 1. The maximum atomic E-state index is 12.1. The molecule has 8 heteroatoms. The van der Waals surface area contributed by atoms with E-state index < -0.39 is 12.6 Å². The number of aryl methyl sites for hydroxylation is 1. The zero-order valence-corrected chi connectivity index (χ0v) is 14.8. The van der Waals surface area contributed by atoms with Crippen LogP contribution in [0.3, 0.4) is 0 Å². The van der Waals surface area contributed by atoms with E-state index in [9.17, 15) is 13.6 Å². The second-order valence-electron chi connectivity index (χ2n) is 5.76. The van der Waals surface area contributed by atoms with Crippen LogP contribution >= 0.6 is 0 Å². The first kappa shape index (κ1) is 19.2. The van der Waals surface area contributed by atoms with E-state index in [1.165, 1.54) is 36.4 Å². The van der Waals surface area contributed by atoms with Crippen LogP contribution in [0.1, 0.15) is 17.0 Å². The summed E-state index contributed by atoms with van der Waals surface area (Å²) in [5.74, 6) is -0.0538. The molecule has 0 saturated heterocycles. The summed E-state index contributed by atoms with van der Waals surface area (Å²) in [6.45, 7) is -1.09. The molecule has 1 heterocycles. The van der Waals surface area contributed by atoms with Crippen LogP contribution in [0.4, 0.5) is 8.78 Å². The fourth-order valence-electron chi connectivity index (χ4n) is 2.31. The van der Waals surface area contributed by atoms with E-state index in [1.807, 2.05) is 31.2 Å². The van der Waals surface area contributed by atoms with Crippen molar-refractivity contribution in [3.05, 3.63) is 71.6 Å². The van der Waals surface area contributed by atoms with Crippen molar-refractivity contribution < 1.29 is 27.5 Å². The second kappa shape index (κ2) is 8.90. The summed E-state index contributed by atoms with van der Waals surface area (Å²) < 4.78 is 39.0. The van der Waals surface area contributed by atoms with Gasteiger partial charge in [-0.1, -0.05) is 29.8 Å². The zero-order chi connectivity index (χ0) is 19.9. The Balaban J connectivity index is 1.52. The molecule has 0 amide bonds. The maximum Gasteiger partial charge on any atom is 0.387 e. The van der Waals surface area contributed by atoms with Crippen molar-refractivity contribution in [2.24, 2.45) is 0 Å². The Labute approximate surface area is 159 Å². The van der Waals surface area contributed by atoms with Gasteiger partial charge in [-0.3, -0.25) is 0 Å². The molecule has 0 fully saturated rings. The number of alkyl halides is 2. The number of carbonyl (C=O) groups excluding carboxylic acids is 1. The quantitative estimate of drug-likeness (QED) is 0.443. The summed E-state index contributed by atoms with van der Waals surface area (Å²) in [7, 11) is 0. The van der Waals surface area contributed by atoms with Gasteiger partial charge in [0.1, 0.15) is 5.75 Å². The van der Waals surface area contributed by atoms with Crippen molar-refractivity contribution in [1.29, 1.82) is 0 Å². The Morgan fingerprint density at radius 1 is 1.18 bits per heavy atom. The topological polar surface area (TPSA) is 74.5 Å². The lowest BCUT2D eigenvalue weighted by molar-refractivity contribution is -0.139. The summed E-state index contributed by atoms with van der Waals surface area (Å²) in [5.41, 5.74) is 2.46. The van der Waals surface area contributed by atoms with Crippen LogP contribution in [0.2, 0.25) is 0 Å². The maximum absolute atomic E-state index is 12.1. The average molecular weight is 386 g/mol. The molecule has 3 aromatic rings. The highest BCUT2D eigenvalue weighted by Crippen LogP contribution is 2.19. The molecule has 0 unspecified atom stereocenters. The van der Waals surface area contributed by atoms with Gasteiger partial charge in [-0.25, -0.2) is 4.79 Å². The largest absolute Gasteiger partial charge is 0.452 e. The molecule has 0 bridgehead atoms. The SMILES string of the molecule is Cc1cccc(-c2nnc(COC(=O)/C=C/c3ccc(OC(F)F)cc3)o2)c1. The van der Waals surface area contributed by atoms with Gasteiger partial charge in [0.05, 0.1) is 0 Å². The molecule has 1 aromatic heterocycles. The molecule has 28 heavy (non-hydrogen) atoms. The van der Waals surface area contributed by atoms with Gasteiger partial charge in [0.25, 0.3) is 5.89 Å². The summed E-state index contributed by atoms with van der Waals surface area (Å²) in [4.78, 5) is 11.8. The van der Waals surface area contributed by atoms with E-state index in [4.69, 9.17) is 9.15 Å². The molecule has 0 spiro atoms. The second-order valence-corrected chi connectivity index (χ2v) is 5.76. The third-order valence-corrected chi connectivity index (χ3v) is 3.59. The molecule has 6 nitrogen and oxygen atoms in total. The first-order chi connectivity index (χ1) is 13.5. The molecule has 0 saturated carbocycles. The van der Waals surface area contributed by atoms with Gasteiger partial charge in [0.2, 0.25) is 5.89 Å². The van der Waals surface area contributed by atoms with Crippen molar-refractivity contribution in [1.82, 2.24) is 10.2 Å². The standard InChI is InChI=1S/C20H16F2N2O4/c1-13-3-2-4-15(11-13)19-24-23-17(28-19)12-26-18(25)10-7-14-5-8-16(9-6-14)27-20(21)22/h2-11,20H,12H2,1H3/b10-7+. The molecule has 0 aliphatic rings. The van der Waals surface area contributed by atoms with Gasteiger partial charge in [0, 0.05) is 11.6 Å². The molecule has 2 aromatic carbocycles. The monoisotopic (exact) mass is 386 g/mol. The highest BCUT2D eigenvalue weighted by Gasteiger charge is 2.10. The van der Waals surface area contributed by atoms with Crippen LogP contribution in [0.25, 0.3) is 17.5 Å². The molecular formula is C20H16F2N2O4. The highest BCUT2D eigenvalue weighted by atomic mass is 19.3. The van der Waals surface area contributed by atoms with E-state index in [0.717, 1.165) is 11.1 Å². The lowest BCUT2D eigenvalue weighted by Crippen LogP contribution is -2.01. The third-order valence-electron chi connectivity index (χ3n) is 3.59. The number of nitrogens with zero attached hydrogens (tertiary/aromatic N) is 2. The first-order valence-corrected chi connectivity index (χ1v) is 8.29. The fraction of sp³-hybridized carbons (Fsp3) is 0.150. The molecule has 0 aliphatic heterocycles. The molecule has 0 radical (unpaired) electrons. The molecular weight excluding hydrogens is 370 g/mol. The predicted octanol–water partition coefficient (Wildman–Crippen LogP) is 4.40. The predicted molar refractivity (Wildman–Crippen MR) is 96.4 cm³/mol. The number of aromatic nitrogens is 2. The van der Waals surface area contributed by atoms with Crippen LogP contribution < -0.4 is 4.74 Å².